The second-order valence-corrected chi connectivity index (χ2v) is 5.82. The second-order valence-electron chi connectivity index (χ2n) is 5.82. The van der Waals surface area contributed by atoms with Crippen LogP contribution in [0.15, 0.2) is 24.3 Å². The zero-order valence-electron chi connectivity index (χ0n) is 11.9. The van der Waals surface area contributed by atoms with E-state index in [1.807, 2.05) is 12.1 Å². The Morgan fingerprint density at radius 2 is 1.68 bits per heavy atom. The van der Waals surface area contributed by atoms with Gasteiger partial charge >= 0.3 is 0 Å². The molecule has 3 heteroatoms. The highest BCUT2D eigenvalue weighted by Gasteiger charge is 2.34. The number of rotatable bonds is 5. The zero-order valence-corrected chi connectivity index (χ0v) is 11.9. The highest BCUT2D eigenvalue weighted by Crippen LogP contribution is 2.32. The maximum absolute atomic E-state index is 9.07. The molecule has 1 aliphatic rings. The molecule has 0 heterocycles. The smallest absolute Gasteiger partial charge is 0.0681 e. The topological polar surface area (TPSA) is 49.5 Å². The summed E-state index contributed by atoms with van der Waals surface area (Å²) in [5, 5.41) is 9.07. The molecule has 0 atom stereocenters. The normalized spacial score (nSPS) is 18.7. The average Bonchev–Trinajstić information content (AvgIpc) is 2.48. The first-order chi connectivity index (χ1) is 9.20. The SMILES string of the molecule is CN(Cc1ccc(CO)cc1)C1(CN)CCCCC1. The molecule has 2 rings (SSSR count). The van der Waals surface area contributed by atoms with E-state index in [1.54, 1.807) is 0 Å². The van der Waals surface area contributed by atoms with Crippen LogP contribution >= 0.6 is 0 Å². The number of benzene rings is 1. The molecule has 0 unspecified atom stereocenters. The third kappa shape index (κ3) is 3.35. The Labute approximate surface area is 116 Å². The van der Waals surface area contributed by atoms with Gasteiger partial charge in [-0.25, -0.2) is 0 Å². The molecule has 1 saturated carbocycles. The molecule has 3 N–H and O–H groups in total. The average molecular weight is 262 g/mol. The minimum Gasteiger partial charge on any atom is -0.392 e. The number of nitrogens with two attached hydrogens (primary N) is 1. The van der Waals surface area contributed by atoms with Crippen LogP contribution < -0.4 is 5.73 Å². The lowest BCUT2D eigenvalue weighted by molar-refractivity contribution is 0.0758. The molecule has 0 saturated heterocycles. The largest absolute Gasteiger partial charge is 0.392 e. The molecule has 0 aromatic heterocycles. The molecule has 0 bridgehead atoms. The molecule has 0 radical (unpaired) electrons. The summed E-state index contributed by atoms with van der Waals surface area (Å²) in [6.45, 7) is 1.80. The predicted octanol–water partition coefficient (Wildman–Crippen LogP) is 2.27. The van der Waals surface area contributed by atoms with Crippen LogP contribution in [0, 0.1) is 0 Å². The van der Waals surface area contributed by atoms with Gasteiger partial charge in [-0.2, -0.15) is 0 Å². The first-order valence-corrected chi connectivity index (χ1v) is 7.30. The highest BCUT2D eigenvalue weighted by molar-refractivity contribution is 5.22. The van der Waals surface area contributed by atoms with E-state index in [4.69, 9.17) is 10.8 Å². The molecular formula is C16H26N2O. The van der Waals surface area contributed by atoms with E-state index >= 15 is 0 Å². The van der Waals surface area contributed by atoms with Crippen molar-refractivity contribution >= 4 is 0 Å². The first-order valence-electron chi connectivity index (χ1n) is 7.30. The molecule has 1 aliphatic carbocycles. The van der Waals surface area contributed by atoms with Crippen molar-refractivity contribution in [2.45, 2.75) is 50.8 Å². The van der Waals surface area contributed by atoms with E-state index in [1.165, 1.54) is 37.7 Å². The van der Waals surface area contributed by atoms with Crippen molar-refractivity contribution in [2.75, 3.05) is 13.6 Å². The molecule has 3 nitrogen and oxygen atoms in total. The van der Waals surface area contributed by atoms with Crippen LogP contribution in [0.5, 0.6) is 0 Å². The van der Waals surface area contributed by atoms with Crippen LogP contribution in [0.4, 0.5) is 0 Å². The Balaban J connectivity index is 2.03. The summed E-state index contributed by atoms with van der Waals surface area (Å²) in [4.78, 5) is 2.43. The Bertz CT molecular complexity index is 382. The van der Waals surface area contributed by atoms with Gasteiger partial charge in [-0.1, -0.05) is 43.5 Å². The van der Waals surface area contributed by atoms with Crippen LogP contribution in [-0.2, 0) is 13.2 Å². The molecule has 0 aliphatic heterocycles. The Morgan fingerprint density at radius 1 is 1.11 bits per heavy atom. The monoisotopic (exact) mass is 262 g/mol. The van der Waals surface area contributed by atoms with Gasteiger partial charge in [0.1, 0.15) is 0 Å². The lowest BCUT2D eigenvalue weighted by Crippen LogP contribution is -2.52. The number of hydrogen-bond donors (Lipinski definition) is 2. The highest BCUT2D eigenvalue weighted by atomic mass is 16.3. The van der Waals surface area contributed by atoms with Crippen LogP contribution in [0.3, 0.4) is 0 Å². The fourth-order valence-corrected chi connectivity index (χ4v) is 3.14. The molecule has 0 spiro atoms. The third-order valence-electron chi connectivity index (χ3n) is 4.60. The molecule has 106 valence electrons. The van der Waals surface area contributed by atoms with E-state index in [2.05, 4.69) is 24.1 Å². The Morgan fingerprint density at radius 3 is 2.21 bits per heavy atom. The fraction of sp³-hybridized carbons (Fsp3) is 0.625. The molecular weight excluding hydrogens is 236 g/mol. The van der Waals surface area contributed by atoms with Crippen molar-refractivity contribution < 1.29 is 5.11 Å². The van der Waals surface area contributed by atoms with Gasteiger partial charge in [0, 0.05) is 18.6 Å². The molecule has 1 fully saturated rings. The summed E-state index contributed by atoms with van der Waals surface area (Å²) >= 11 is 0. The van der Waals surface area contributed by atoms with E-state index < -0.39 is 0 Å². The van der Waals surface area contributed by atoms with Gasteiger partial charge in [-0.05, 0) is 31.0 Å². The molecule has 0 amide bonds. The van der Waals surface area contributed by atoms with Crippen molar-refractivity contribution in [3.8, 4) is 0 Å². The minimum absolute atomic E-state index is 0.114. The maximum Gasteiger partial charge on any atom is 0.0681 e. The Hall–Kier alpha value is -0.900. The van der Waals surface area contributed by atoms with Crippen molar-refractivity contribution in [1.82, 2.24) is 4.90 Å². The summed E-state index contributed by atoms with van der Waals surface area (Å²) in [6.07, 6.45) is 6.38. The summed E-state index contributed by atoms with van der Waals surface area (Å²) < 4.78 is 0. The van der Waals surface area contributed by atoms with Gasteiger partial charge in [0.15, 0.2) is 0 Å². The van der Waals surface area contributed by atoms with Gasteiger partial charge in [0.25, 0.3) is 0 Å². The maximum atomic E-state index is 9.07. The number of hydrogen-bond acceptors (Lipinski definition) is 3. The lowest BCUT2D eigenvalue weighted by atomic mass is 9.80. The summed E-state index contributed by atoms with van der Waals surface area (Å²) in [6, 6.07) is 8.21. The first kappa shape index (κ1) is 14.5. The third-order valence-corrected chi connectivity index (χ3v) is 4.60. The van der Waals surface area contributed by atoms with E-state index in [0.29, 0.717) is 0 Å². The zero-order chi connectivity index (χ0) is 13.7. The van der Waals surface area contributed by atoms with E-state index in [-0.39, 0.29) is 12.1 Å². The summed E-state index contributed by atoms with van der Waals surface area (Å²) in [5.41, 5.74) is 8.51. The fourth-order valence-electron chi connectivity index (χ4n) is 3.14. The van der Waals surface area contributed by atoms with Crippen molar-refractivity contribution in [1.29, 1.82) is 0 Å². The number of likely N-dealkylation sites (N-methyl/N-ethyl adjacent to an activating group) is 1. The molecule has 1 aromatic rings. The van der Waals surface area contributed by atoms with Gasteiger partial charge in [-0.15, -0.1) is 0 Å². The number of aliphatic hydroxyl groups excluding tert-OH is 1. The number of nitrogens with zero attached hydrogens (tertiary/aromatic N) is 1. The lowest BCUT2D eigenvalue weighted by Gasteiger charge is -2.44. The minimum atomic E-state index is 0.114. The summed E-state index contributed by atoms with van der Waals surface area (Å²) in [5.74, 6) is 0. The predicted molar refractivity (Wildman–Crippen MR) is 78.7 cm³/mol. The van der Waals surface area contributed by atoms with Gasteiger partial charge in [0.2, 0.25) is 0 Å². The van der Waals surface area contributed by atoms with Crippen LogP contribution in [0.25, 0.3) is 0 Å². The molecule has 19 heavy (non-hydrogen) atoms. The summed E-state index contributed by atoms with van der Waals surface area (Å²) in [7, 11) is 2.19. The Kier molecular flexibility index (Phi) is 4.97. The van der Waals surface area contributed by atoms with E-state index in [9.17, 15) is 0 Å². The van der Waals surface area contributed by atoms with Crippen molar-refractivity contribution in [3.05, 3.63) is 35.4 Å². The van der Waals surface area contributed by atoms with Crippen LogP contribution in [0.1, 0.15) is 43.2 Å². The van der Waals surface area contributed by atoms with Crippen molar-refractivity contribution in [3.63, 3.8) is 0 Å². The van der Waals surface area contributed by atoms with Gasteiger partial charge < -0.3 is 10.8 Å². The van der Waals surface area contributed by atoms with E-state index in [0.717, 1.165) is 18.7 Å². The second kappa shape index (κ2) is 6.51. The molecule has 1 aromatic carbocycles. The standard InChI is InChI=1S/C16H26N2O/c1-18(16(13-17)9-3-2-4-10-16)11-14-5-7-15(12-19)8-6-14/h5-8,19H,2-4,9-13,17H2,1H3. The van der Waals surface area contributed by atoms with Gasteiger partial charge in [-0.3, -0.25) is 4.90 Å². The van der Waals surface area contributed by atoms with Crippen LogP contribution in [-0.4, -0.2) is 29.1 Å². The van der Waals surface area contributed by atoms with Crippen molar-refractivity contribution in [2.24, 2.45) is 5.73 Å². The number of aliphatic hydroxyl groups is 1. The van der Waals surface area contributed by atoms with Crippen LogP contribution in [0.2, 0.25) is 0 Å². The van der Waals surface area contributed by atoms with Gasteiger partial charge in [0.05, 0.1) is 6.61 Å². The quantitative estimate of drug-likeness (QED) is 0.856.